The van der Waals surface area contributed by atoms with E-state index in [0.29, 0.717) is 5.92 Å². The van der Waals surface area contributed by atoms with Gasteiger partial charge >= 0.3 is 0 Å². The van der Waals surface area contributed by atoms with E-state index < -0.39 is 0 Å². The fraction of sp³-hybridized carbons (Fsp3) is 0.435. The van der Waals surface area contributed by atoms with Crippen molar-refractivity contribution in [1.82, 2.24) is 0 Å². The fourth-order valence-electron chi connectivity index (χ4n) is 4.65. The first kappa shape index (κ1) is 16.2. The van der Waals surface area contributed by atoms with Crippen LogP contribution in [0.15, 0.2) is 36.4 Å². The third-order valence-electron chi connectivity index (χ3n) is 5.91. The summed E-state index contributed by atoms with van der Waals surface area (Å²) >= 11 is 0. The molecule has 0 amide bonds. The van der Waals surface area contributed by atoms with E-state index in [1.165, 1.54) is 60.0 Å². The standard InChI is InChI=1S/C23H26N2/c1-17-9-8-12-19-20(18-10-4-2-5-11-18)15-22(21(16-24)23(17)19)25-13-6-3-7-14-25/h2,4-5,10-11,15,17H,3,6-9,12-14H2,1H3. The van der Waals surface area contributed by atoms with Crippen LogP contribution in [-0.4, -0.2) is 13.1 Å². The van der Waals surface area contributed by atoms with Gasteiger partial charge in [-0.25, -0.2) is 0 Å². The minimum Gasteiger partial charge on any atom is -0.370 e. The van der Waals surface area contributed by atoms with Crippen LogP contribution in [0, 0.1) is 11.3 Å². The molecule has 2 heteroatoms. The number of hydrogen-bond donors (Lipinski definition) is 0. The predicted molar refractivity (Wildman–Crippen MR) is 104 cm³/mol. The maximum atomic E-state index is 10.0. The molecule has 2 aliphatic rings. The Kier molecular flexibility index (Phi) is 4.49. The van der Waals surface area contributed by atoms with Crippen LogP contribution in [0.5, 0.6) is 0 Å². The number of fused-ring (bicyclic) bond motifs is 1. The van der Waals surface area contributed by atoms with Crippen LogP contribution in [0.1, 0.15) is 61.6 Å². The van der Waals surface area contributed by atoms with Gasteiger partial charge in [0.25, 0.3) is 0 Å². The van der Waals surface area contributed by atoms with Crippen molar-refractivity contribution in [2.75, 3.05) is 18.0 Å². The van der Waals surface area contributed by atoms with E-state index in [1.54, 1.807) is 0 Å². The van der Waals surface area contributed by atoms with Crippen LogP contribution in [0.25, 0.3) is 11.1 Å². The Balaban J connectivity index is 1.95. The van der Waals surface area contributed by atoms with E-state index in [9.17, 15) is 5.26 Å². The van der Waals surface area contributed by atoms with Crippen molar-refractivity contribution >= 4 is 5.69 Å². The first-order chi connectivity index (χ1) is 12.3. The van der Waals surface area contributed by atoms with Crippen LogP contribution in [0.2, 0.25) is 0 Å². The van der Waals surface area contributed by atoms with E-state index in [0.717, 1.165) is 25.1 Å². The summed E-state index contributed by atoms with van der Waals surface area (Å²) in [4.78, 5) is 2.45. The summed E-state index contributed by atoms with van der Waals surface area (Å²) < 4.78 is 0. The molecule has 2 nitrogen and oxygen atoms in total. The molecule has 0 spiro atoms. The van der Waals surface area contributed by atoms with Gasteiger partial charge in [-0.15, -0.1) is 0 Å². The molecule has 0 bridgehead atoms. The third-order valence-corrected chi connectivity index (χ3v) is 5.91. The summed E-state index contributed by atoms with van der Waals surface area (Å²) in [7, 11) is 0. The van der Waals surface area contributed by atoms with E-state index in [-0.39, 0.29) is 0 Å². The lowest BCUT2D eigenvalue weighted by Gasteiger charge is -2.34. The van der Waals surface area contributed by atoms with Crippen molar-refractivity contribution < 1.29 is 0 Å². The number of nitriles is 1. The highest BCUT2D eigenvalue weighted by molar-refractivity contribution is 5.79. The van der Waals surface area contributed by atoms with Gasteiger partial charge in [-0.1, -0.05) is 37.3 Å². The second-order valence-electron chi connectivity index (χ2n) is 7.53. The summed E-state index contributed by atoms with van der Waals surface area (Å²) in [6, 6.07) is 15.6. The zero-order valence-corrected chi connectivity index (χ0v) is 15.1. The molecule has 0 N–H and O–H groups in total. The molecule has 1 fully saturated rings. The van der Waals surface area contributed by atoms with Crippen LogP contribution in [-0.2, 0) is 6.42 Å². The first-order valence-corrected chi connectivity index (χ1v) is 9.70. The van der Waals surface area contributed by atoms with Crippen molar-refractivity contribution in [2.45, 2.75) is 51.4 Å². The van der Waals surface area contributed by atoms with Crippen molar-refractivity contribution in [1.29, 1.82) is 5.26 Å². The first-order valence-electron chi connectivity index (χ1n) is 9.70. The number of piperidine rings is 1. The molecule has 2 aromatic rings. The second kappa shape index (κ2) is 6.92. The van der Waals surface area contributed by atoms with Gasteiger partial charge in [-0.05, 0) is 72.8 Å². The number of anilines is 1. The molecule has 25 heavy (non-hydrogen) atoms. The molecule has 0 aromatic heterocycles. The van der Waals surface area contributed by atoms with Crippen LogP contribution in [0.3, 0.4) is 0 Å². The molecule has 128 valence electrons. The summed E-state index contributed by atoms with van der Waals surface area (Å²) in [6.45, 7) is 4.46. The van der Waals surface area contributed by atoms with Crippen LogP contribution in [0.4, 0.5) is 5.69 Å². The van der Waals surface area contributed by atoms with Gasteiger partial charge in [0.2, 0.25) is 0 Å². The highest BCUT2D eigenvalue weighted by atomic mass is 15.1. The molecule has 0 radical (unpaired) electrons. The molecule has 4 rings (SSSR count). The minimum absolute atomic E-state index is 0.477. The van der Waals surface area contributed by atoms with Gasteiger partial charge in [-0.3, -0.25) is 0 Å². The average molecular weight is 330 g/mol. The van der Waals surface area contributed by atoms with Gasteiger partial charge in [0.05, 0.1) is 11.3 Å². The molecular weight excluding hydrogens is 304 g/mol. The van der Waals surface area contributed by atoms with Crippen molar-refractivity contribution in [2.24, 2.45) is 0 Å². The molecule has 1 heterocycles. The summed E-state index contributed by atoms with van der Waals surface area (Å²) in [6.07, 6.45) is 7.29. The molecule has 1 unspecified atom stereocenters. The topological polar surface area (TPSA) is 27.0 Å². The monoisotopic (exact) mass is 330 g/mol. The Morgan fingerprint density at radius 1 is 1.04 bits per heavy atom. The molecule has 1 aliphatic carbocycles. The zero-order chi connectivity index (χ0) is 17.2. The van der Waals surface area contributed by atoms with Gasteiger partial charge in [0.1, 0.15) is 6.07 Å². The van der Waals surface area contributed by atoms with Crippen LogP contribution >= 0.6 is 0 Å². The summed E-state index contributed by atoms with van der Waals surface area (Å²) in [5, 5.41) is 10.0. The number of rotatable bonds is 2. The van der Waals surface area contributed by atoms with E-state index in [4.69, 9.17) is 0 Å². The SMILES string of the molecule is CC1CCCc2c(-c3ccccc3)cc(N3CCCCC3)c(C#N)c21. The lowest BCUT2D eigenvalue weighted by molar-refractivity contribution is 0.571. The van der Waals surface area contributed by atoms with E-state index in [2.05, 4.69) is 54.3 Å². The predicted octanol–water partition coefficient (Wildman–Crippen LogP) is 5.66. The van der Waals surface area contributed by atoms with Crippen molar-refractivity contribution in [3.8, 4) is 17.2 Å². The Hall–Kier alpha value is -2.27. The third kappa shape index (κ3) is 2.93. The Labute approximate surface area is 151 Å². The number of hydrogen-bond acceptors (Lipinski definition) is 2. The van der Waals surface area contributed by atoms with Gasteiger partial charge in [0, 0.05) is 13.1 Å². The Bertz CT molecular complexity index is 795. The fourth-order valence-corrected chi connectivity index (χ4v) is 4.65. The minimum atomic E-state index is 0.477. The van der Waals surface area contributed by atoms with Crippen LogP contribution < -0.4 is 4.90 Å². The quantitative estimate of drug-likeness (QED) is 0.711. The smallest absolute Gasteiger partial charge is 0.102 e. The summed E-state index contributed by atoms with van der Waals surface area (Å²) in [5.74, 6) is 0.477. The summed E-state index contributed by atoms with van der Waals surface area (Å²) in [5.41, 5.74) is 7.51. The molecular formula is C23H26N2. The van der Waals surface area contributed by atoms with E-state index in [1.807, 2.05) is 0 Å². The van der Waals surface area contributed by atoms with Gasteiger partial charge in [-0.2, -0.15) is 5.26 Å². The number of benzene rings is 2. The zero-order valence-electron chi connectivity index (χ0n) is 15.1. The second-order valence-corrected chi connectivity index (χ2v) is 7.53. The average Bonchev–Trinajstić information content (AvgIpc) is 2.68. The van der Waals surface area contributed by atoms with Gasteiger partial charge in [0.15, 0.2) is 0 Å². The maximum absolute atomic E-state index is 10.0. The highest BCUT2D eigenvalue weighted by Crippen LogP contribution is 2.43. The molecule has 2 aromatic carbocycles. The van der Waals surface area contributed by atoms with E-state index >= 15 is 0 Å². The highest BCUT2D eigenvalue weighted by Gasteiger charge is 2.27. The molecule has 1 saturated heterocycles. The maximum Gasteiger partial charge on any atom is 0.102 e. The molecule has 0 saturated carbocycles. The normalized spacial score (nSPS) is 20.0. The Morgan fingerprint density at radius 3 is 2.52 bits per heavy atom. The van der Waals surface area contributed by atoms with Crippen molar-refractivity contribution in [3.05, 3.63) is 53.1 Å². The Morgan fingerprint density at radius 2 is 1.80 bits per heavy atom. The largest absolute Gasteiger partial charge is 0.370 e. The lowest BCUT2D eigenvalue weighted by Crippen LogP contribution is -2.31. The molecule has 1 aliphatic heterocycles. The van der Waals surface area contributed by atoms with Gasteiger partial charge < -0.3 is 4.90 Å². The van der Waals surface area contributed by atoms with Crippen molar-refractivity contribution in [3.63, 3.8) is 0 Å². The molecule has 1 atom stereocenters. The lowest BCUT2D eigenvalue weighted by atomic mass is 9.77. The number of nitrogens with zero attached hydrogens (tertiary/aromatic N) is 2.